The quantitative estimate of drug-likeness (QED) is 0.824. The summed E-state index contributed by atoms with van der Waals surface area (Å²) < 4.78 is 5.88. The van der Waals surface area contributed by atoms with Gasteiger partial charge in [-0.25, -0.2) is 0 Å². The van der Waals surface area contributed by atoms with E-state index in [1.54, 1.807) is 32.0 Å². The maximum atomic E-state index is 12.2. The molecule has 0 saturated carbocycles. The third kappa shape index (κ3) is 3.24. The highest BCUT2D eigenvalue weighted by molar-refractivity contribution is 7.20. The zero-order valence-corrected chi connectivity index (χ0v) is 13.1. The van der Waals surface area contributed by atoms with Crippen LogP contribution >= 0.6 is 11.3 Å². The normalized spacial score (nSPS) is 12.3. The van der Waals surface area contributed by atoms with E-state index < -0.39 is 0 Å². The maximum absolute atomic E-state index is 12.2. The molecule has 1 aromatic heterocycles. The molecule has 0 radical (unpaired) electrons. The number of methoxy groups -OCH3 is 1. The summed E-state index contributed by atoms with van der Waals surface area (Å²) in [7, 11) is 1.48. The Balaban J connectivity index is 2.26. The van der Waals surface area contributed by atoms with Gasteiger partial charge >= 0.3 is 0 Å². The highest BCUT2D eigenvalue weighted by Crippen LogP contribution is 2.36. The highest BCUT2D eigenvalue weighted by Gasteiger charge is 2.19. The number of carbonyl (C=O) groups excluding carboxylic acids is 2. The first-order valence-electron chi connectivity index (χ1n) is 6.82. The molecule has 2 aromatic rings. The molecule has 0 fully saturated rings. The molecule has 21 heavy (non-hydrogen) atoms. The van der Waals surface area contributed by atoms with Crippen LogP contribution < -0.4 is 4.74 Å². The lowest BCUT2D eigenvalue weighted by molar-refractivity contribution is -0.122. The van der Waals surface area contributed by atoms with Crippen LogP contribution in [0.1, 0.15) is 36.4 Å². The predicted molar refractivity (Wildman–Crippen MR) is 83.5 cm³/mol. The van der Waals surface area contributed by atoms with Crippen LogP contribution in [-0.4, -0.2) is 23.8 Å². The standard InChI is InChI=1S/C16H18O4S/c1-4-11(17)9(2)5-13(19)16-7-10-6-14(20-3)12(18)8-15(10)21-16/h6-9,18H,4-5H2,1-3H3/t9-/m0/s1. The largest absolute Gasteiger partial charge is 0.504 e. The molecule has 0 saturated heterocycles. The van der Waals surface area contributed by atoms with E-state index in [0.29, 0.717) is 17.0 Å². The van der Waals surface area contributed by atoms with Crippen LogP contribution in [0.25, 0.3) is 10.1 Å². The minimum absolute atomic E-state index is 0.0380. The van der Waals surface area contributed by atoms with Gasteiger partial charge in [0.25, 0.3) is 0 Å². The Labute approximate surface area is 127 Å². The van der Waals surface area contributed by atoms with Gasteiger partial charge in [0.05, 0.1) is 12.0 Å². The molecule has 112 valence electrons. The van der Waals surface area contributed by atoms with Crippen LogP contribution in [0.2, 0.25) is 0 Å². The molecular formula is C16H18O4S. The van der Waals surface area contributed by atoms with Crippen LogP contribution in [0.3, 0.4) is 0 Å². The molecule has 1 heterocycles. The fourth-order valence-electron chi connectivity index (χ4n) is 2.20. The number of thiophene rings is 1. The number of carbonyl (C=O) groups is 2. The Hall–Kier alpha value is -1.88. The number of phenols is 1. The summed E-state index contributed by atoms with van der Waals surface area (Å²) in [6, 6.07) is 5.09. The number of Topliss-reactive ketones (excluding diaryl/α,β-unsaturated/α-hetero) is 2. The summed E-state index contributed by atoms with van der Waals surface area (Å²) in [6.45, 7) is 3.59. The minimum atomic E-state index is -0.254. The zero-order chi connectivity index (χ0) is 15.6. The smallest absolute Gasteiger partial charge is 0.173 e. The molecule has 1 atom stereocenters. The van der Waals surface area contributed by atoms with Crippen molar-refractivity contribution in [1.29, 1.82) is 0 Å². The van der Waals surface area contributed by atoms with Crippen molar-refractivity contribution in [3.63, 3.8) is 0 Å². The van der Waals surface area contributed by atoms with E-state index in [4.69, 9.17) is 4.74 Å². The van der Waals surface area contributed by atoms with E-state index in [-0.39, 0.29) is 29.7 Å². The van der Waals surface area contributed by atoms with Gasteiger partial charge in [0, 0.05) is 29.5 Å². The second kappa shape index (κ2) is 6.26. The Morgan fingerprint density at radius 1 is 1.33 bits per heavy atom. The first-order valence-corrected chi connectivity index (χ1v) is 7.64. The number of hydrogen-bond donors (Lipinski definition) is 1. The van der Waals surface area contributed by atoms with Gasteiger partial charge < -0.3 is 9.84 Å². The number of rotatable bonds is 6. The van der Waals surface area contributed by atoms with Gasteiger partial charge in [0.2, 0.25) is 0 Å². The van der Waals surface area contributed by atoms with Crippen molar-refractivity contribution in [1.82, 2.24) is 0 Å². The van der Waals surface area contributed by atoms with Gasteiger partial charge in [0.15, 0.2) is 17.3 Å². The topological polar surface area (TPSA) is 63.6 Å². The Bertz CT molecular complexity index is 687. The van der Waals surface area contributed by atoms with E-state index >= 15 is 0 Å². The van der Waals surface area contributed by atoms with Crippen LogP contribution in [0.15, 0.2) is 18.2 Å². The average Bonchev–Trinajstić information content (AvgIpc) is 2.87. The maximum Gasteiger partial charge on any atom is 0.173 e. The molecule has 0 aliphatic rings. The molecule has 0 aliphatic heterocycles. The summed E-state index contributed by atoms with van der Waals surface area (Å²) in [6.07, 6.45) is 0.675. The molecule has 5 heteroatoms. The average molecular weight is 306 g/mol. The highest BCUT2D eigenvalue weighted by atomic mass is 32.1. The SMILES string of the molecule is CCC(=O)[C@@H](C)CC(=O)c1cc2cc(OC)c(O)cc2s1. The van der Waals surface area contributed by atoms with Gasteiger partial charge in [-0.05, 0) is 17.5 Å². The molecule has 1 N–H and O–H groups in total. The van der Waals surface area contributed by atoms with E-state index in [9.17, 15) is 14.7 Å². The van der Waals surface area contributed by atoms with Crippen molar-refractivity contribution < 1.29 is 19.4 Å². The van der Waals surface area contributed by atoms with Gasteiger partial charge in [0.1, 0.15) is 5.78 Å². The van der Waals surface area contributed by atoms with Gasteiger partial charge in [-0.15, -0.1) is 11.3 Å². The fourth-order valence-corrected chi connectivity index (χ4v) is 3.22. The second-order valence-corrected chi connectivity index (χ2v) is 6.10. The number of ether oxygens (including phenoxy) is 1. The third-order valence-electron chi connectivity index (χ3n) is 3.48. The number of ketones is 2. The van der Waals surface area contributed by atoms with Crippen LogP contribution in [-0.2, 0) is 4.79 Å². The number of benzene rings is 1. The summed E-state index contributed by atoms with van der Waals surface area (Å²) >= 11 is 1.32. The molecule has 0 bridgehead atoms. The first-order chi connectivity index (χ1) is 9.96. The molecular weight excluding hydrogens is 288 g/mol. The van der Waals surface area contributed by atoms with Crippen molar-refractivity contribution in [3.05, 3.63) is 23.1 Å². The fraction of sp³-hybridized carbons (Fsp3) is 0.375. The van der Waals surface area contributed by atoms with Gasteiger partial charge in [-0.1, -0.05) is 13.8 Å². The van der Waals surface area contributed by atoms with E-state index in [0.717, 1.165) is 10.1 Å². The Kier molecular flexibility index (Phi) is 4.63. The van der Waals surface area contributed by atoms with Crippen molar-refractivity contribution in [2.75, 3.05) is 7.11 Å². The van der Waals surface area contributed by atoms with Crippen LogP contribution in [0, 0.1) is 5.92 Å². The van der Waals surface area contributed by atoms with Gasteiger partial charge in [-0.3, -0.25) is 9.59 Å². The van der Waals surface area contributed by atoms with Crippen molar-refractivity contribution in [2.24, 2.45) is 5.92 Å². The summed E-state index contributed by atoms with van der Waals surface area (Å²) in [5.74, 6) is 0.248. The van der Waals surface area contributed by atoms with E-state index in [1.807, 2.05) is 0 Å². The van der Waals surface area contributed by atoms with Crippen molar-refractivity contribution in [2.45, 2.75) is 26.7 Å². The molecule has 0 aliphatic carbocycles. The minimum Gasteiger partial charge on any atom is -0.504 e. The van der Waals surface area contributed by atoms with E-state index in [2.05, 4.69) is 0 Å². The number of fused-ring (bicyclic) bond motifs is 1. The zero-order valence-electron chi connectivity index (χ0n) is 12.3. The number of phenolic OH excluding ortho intramolecular Hbond substituents is 1. The summed E-state index contributed by atoms with van der Waals surface area (Å²) in [4.78, 5) is 24.4. The molecule has 0 unspecified atom stereocenters. The van der Waals surface area contributed by atoms with E-state index in [1.165, 1.54) is 18.4 Å². The predicted octanol–water partition coefficient (Wildman–Crippen LogP) is 3.80. The van der Waals surface area contributed by atoms with Crippen LogP contribution in [0.5, 0.6) is 11.5 Å². The Morgan fingerprint density at radius 2 is 2.05 bits per heavy atom. The number of aromatic hydroxyl groups is 1. The lowest BCUT2D eigenvalue weighted by atomic mass is 9.97. The lowest BCUT2D eigenvalue weighted by Crippen LogP contribution is -2.14. The molecule has 1 aromatic carbocycles. The van der Waals surface area contributed by atoms with Crippen molar-refractivity contribution >= 4 is 33.0 Å². The second-order valence-electron chi connectivity index (χ2n) is 5.02. The van der Waals surface area contributed by atoms with Crippen LogP contribution in [0.4, 0.5) is 0 Å². The summed E-state index contributed by atoms with van der Waals surface area (Å²) in [5, 5.41) is 10.6. The third-order valence-corrected chi connectivity index (χ3v) is 4.62. The molecule has 4 nitrogen and oxygen atoms in total. The Morgan fingerprint density at radius 3 is 2.67 bits per heavy atom. The first kappa shape index (κ1) is 15.5. The molecule has 0 amide bonds. The van der Waals surface area contributed by atoms with Gasteiger partial charge in [-0.2, -0.15) is 0 Å². The molecule has 0 spiro atoms. The molecule has 2 rings (SSSR count). The number of hydrogen-bond acceptors (Lipinski definition) is 5. The lowest BCUT2D eigenvalue weighted by Gasteiger charge is -2.06. The summed E-state index contributed by atoms with van der Waals surface area (Å²) in [5.41, 5.74) is 0. The van der Waals surface area contributed by atoms with Crippen molar-refractivity contribution in [3.8, 4) is 11.5 Å². The monoisotopic (exact) mass is 306 g/mol.